The summed E-state index contributed by atoms with van der Waals surface area (Å²) < 4.78 is 5.95. The van der Waals surface area contributed by atoms with Crippen molar-refractivity contribution in [2.45, 2.75) is 39.2 Å². The van der Waals surface area contributed by atoms with Crippen LogP contribution in [0.4, 0.5) is 0 Å². The number of likely N-dealkylation sites (tertiary alicyclic amines) is 1. The molecule has 1 fully saturated rings. The molecule has 0 aliphatic carbocycles. The molecule has 0 aromatic heterocycles. The first-order chi connectivity index (χ1) is 15.0. The molecule has 1 saturated heterocycles. The number of benzene rings is 2. The van der Waals surface area contributed by atoms with Gasteiger partial charge >= 0.3 is 0 Å². The van der Waals surface area contributed by atoms with Crippen molar-refractivity contribution in [2.24, 2.45) is 5.92 Å². The molecule has 1 heterocycles. The Morgan fingerprint density at radius 3 is 2.48 bits per heavy atom. The van der Waals surface area contributed by atoms with Crippen LogP contribution in [0, 0.1) is 5.92 Å². The molecule has 0 unspecified atom stereocenters. The number of nitrogens with zero attached hydrogens (tertiary/aromatic N) is 2. The average Bonchev–Trinajstić information content (AvgIpc) is 2.81. The van der Waals surface area contributed by atoms with Crippen molar-refractivity contribution in [3.63, 3.8) is 0 Å². The van der Waals surface area contributed by atoms with E-state index in [4.69, 9.17) is 16.3 Å². The Morgan fingerprint density at radius 1 is 1.10 bits per heavy atom. The van der Waals surface area contributed by atoms with E-state index in [0.29, 0.717) is 48.9 Å². The van der Waals surface area contributed by atoms with Gasteiger partial charge in [0.05, 0.1) is 5.56 Å². The number of ether oxygens (including phenoxy) is 1. The van der Waals surface area contributed by atoms with E-state index in [1.165, 1.54) is 0 Å². The summed E-state index contributed by atoms with van der Waals surface area (Å²) >= 11 is 6.22. The van der Waals surface area contributed by atoms with Gasteiger partial charge in [-0.25, -0.2) is 0 Å². The second kappa shape index (κ2) is 11.2. The van der Waals surface area contributed by atoms with Gasteiger partial charge in [0.1, 0.15) is 12.4 Å². The number of rotatable bonds is 8. The third-order valence-electron chi connectivity index (χ3n) is 5.81. The van der Waals surface area contributed by atoms with Gasteiger partial charge in [0.2, 0.25) is 5.91 Å². The Morgan fingerprint density at radius 2 is 1.77 bits per heavy atom. The number of hydrogen-bond donors (Lipinski definition) is 0. The van der Waals surface area contributed by atoms with Gasteiger partial charge in [-0.3, -0.25) is 9.59 Å². The normalized spacial score (nSPS) is 14.4. The Hall–Kier alpha value is -2.53. The maximum absolute atomic E-state index is 13.2. The average molecular weight is 443 g/mol. The standard InChI is InChI=1S/C25H31ClN2O3/c1-3-4-15-27(2)24(29)19-13-16-28(17-14-19)25(30)21-10-6-8-12-23(21)31-18-20-9-5-7-11-22(20)26/h5-12,19H,3-4,13-18H2,1-2H3. The van der Waals surface area contributed by atoms with Gasteiger partial charge in [0, 0.05) is 43.2 Å². The molecule has 0 N–H and O–H groups in total. The molecule has 1 aliphatic heterocycles. The van der Waals surface area contributed by atoms with E-state index in [1.54, 1.807) is 6.07 Å². The van der Waals surface area contributed by atoms with E-state index in [2.05, 4.69) is 6.92 Å². The van der Waals surface area contributed by atoms with E-state index in [1.807, 2.05) is 59.3 Å². The number of halogens is 1. The molecule has 31 heavy (non-hydrogen) atoms. The van der Waals surface area contributed by atoms with Gasteiger partial charge < -0.3 is 14.5 Å². The van der Waals surface area contributed by atoms with Crippen LogP contribution in [0.25, 0.3) is 0 Å². The van der Waals surface area contributed by atoms with E-state index in [0.717, 1.165) is 24.9 Å². The number of piperidine rings is 1. The molecule has 5 nitrogen and oxygen atoms in total. The lowest BCUT2D eigenvalue weighted by Gasteiger charge is -2.33. The van der Waals surface area contributed by atoms with Crippen LogP contribution in [0.3, 0.4) is 0 Å². The highest BCUT2D eigenvalue weighted by Crippen LogP contribution is 2.26. The summed E-state index contributed by atoms with van der Waals surface area (Å²) in [5.41, 5.74) is 1.41. The van der Waals surface area contributed by atoms with Crippen LogP contribution >= 0.6 is 11.6 Å². The first-order valence-corrected chi connectivity index (χ1v) is 11.4. The predicted octanol–water partition coefficient (Wildman–Crippen LogP) is 5.03. The summed E-state index contributed by atoms with van der Waals surface area (Å²) in [6.07, 6.45) is 3.49. The molecule has 0 atom stereocenters. The van der Waals surface area contributed by atoms with Crippen LogP contribution < -0.4 is 4.74 Å². The van der Waals surface area contributed by atoms with E-state index >= 15 is 0 Å². The fourth-order valence-electron chi connectivity index (χ4n) is 3.86. The molecule has 0 bridgehead atoms. The largest absolute Gasteiger partial charge is 0.488 e. The zero-order valence-electron chi connectivity index (χ0n) is 18.4. The minimum Gasteiger partial charge on any atom is -0.488 e. The monoisotopic (exact) mass is 442 g/mol. The lowest BCUT2D eigenvalue weighted by atomic mass is 9.94. The van der Waals surface area contributed by atoms with Crippen molar-refractivity contribution < 1.29 is 14.3 Å². The Kier molecular flexibility index (Phi) is 8.35. The molecule has 2 aromatic carbocycles. The zero-order chi connectivity index (χ0) is 22.2. The van der Waals surface area contributed by atoms with Crippen molar-refractivity contribution in [1.29, 1.82) is 0 Å². The molecule has 1 aliphatic rings. The minimum absolute atomic E-state index is 0.00220. The van der Waals surface area contributed by atoms with Crippen molar-refractivity contribution in [1.82, 2.24) is 9.80 Å². The summed E-state index contributed by atoms with van der Waals surface area (Å²) in [4.78, 5) is 29.5. The molecular weight excluding hydrogens is 412 g/mol. The minimum atomic E-state index is -0.0556. The van der Waals surface area contributed by atoms with Crippen LogP contribution in [0.15, 0.2) is 48.5 Å². The maximum atomic E-state index is 13.2. The lowest BCUT2D eigenvalue weighted by Crippen LogP contribution is -2.43. The number of hydrogen-bond acceptors (Lipinski definition) is 3. The summed E-state index contributed by atoms with van der Waals surface area (Å²) in [6, 6.07) is 14.8. The number of carbonyl (C=O) groups excluding carboxylic acids is 2. The number of para-hydroxylation sites is 1. The lowest BCUT2D eigenvalue weighted by molar-refractivity contribution is -0.135. The van der Waals surface area contributed by atoms with Crippen molar-refractivity contribution in [3.05, 3.63) is 64.7 Å². The fraction of sp³-hybridized carbons (Fsp3) is 0.440. The van der Waals surface area contributed by atoms with Crippen LogP contribution in [0.2, 0.25) is 5.02 Å². The van der Waals surface area contributed by atoms with Gasteiger partial charge in [-0.2, -0.15) is 0 Å². The first kappa shape index (κ1) is 23.1. The van der Waals surface area contributed by atoms with Crippen molar-refractivity contribution in [2.75, 3.05) is 26.7 Å². The third kappa shape index (κ3) is 6.01. The zero-order valence-corrected chi connectivity index (χ0v) is 19.1. The predicted molar refractivity (Wildman–Crippen MR) is 123 cm³/mol. The molecule has 3 rings (SSSR count). The topological polar surface area (TPSA) is 49.9 Å². The van der Waals surface area contributed by atoms with E-state index < -0.39 is 0 Å². The Bertz CT molecular complexity index is 894. The Labute approximate surface area is 189 Å². The number of amides is 2. The highest BCUT2D eigenvalue weighted by Gasteiger charge is 2.30. The van der Waals surface area contributed by atoms with Crippen LogP contribution in [0.5, 0.6) is 5.75 Å². The van der Waals surface area contributed by atoms with Crippen LogP contribution in [-0.2, 0) is 11.4 Å². The molecule has 6 heteroatoms. The van der Waals surface area contributed by atoms with Crippen molar-refractivity contribution in [3.8, 4) is 5.75 Å². The summed E-state index contributed by atoms with van der Waals surface area (Å²) in [7, 11) is 1.88. The Balaban J connectivity index is 1.60. The van der Waals surface area contributed by atoms with Crippen molar-refractivity contribution >= 4 is 23.4 Å². The molecule has 2 amide bonds. The molecule has 0 spiro atoms. The molecular formula is C25H31ClN2O3. The van der Waals surface area contributed by atoms with Crippen LogP contribution in [-0.4, -0.2) is 48.3 Å². The molecule has 2 aromatic rings. The summed E-state index contributed by atoms with van der Waals surface area (Å²) in [6.45, 7) is 4.37. The van der Waals surface area contributed by atoms with E-state index in [-0.39, 0.29) is 17.7 Å². The number of unbranched alkanes of at least 4 members (excludes halogenated alkanes) is 1. The van der Waals surface area contributed by atoms with Gasteiger partial charge in [-0.15, -0.1) is 0 Å². The summed E-state index contributed by atoms with van der Waals surface area (Å²) in [5.74, 6) is 0.687. The third-order valence-corrected chi connectivity index (χ3v) is 6.18. The number of carbonyl (C=O) groups is 2. The summed E-state index contributed by atoms with van der Waals surface area (Å²) in [5, 5.41) is 0.641. The fourth-order valence-corrected chi connectivity index (χ4v) is 4.05. The second-order valence-electron chi connectivity index (χ2n) is 8.06. The molecule has 0 radical (unpaired) electrons. The first-order valence-electron chi connectivity index (χ1n) is 11.0. The van der Waals surface area contributed by atoms with E-state index in [9.17, 15) is 9.59 Å². The molecule has 166 valence electrons. The highest BCUT2D eigenvalue weighted by molar-refractivity contribution is 6.31. The van der Waals surface area contributed by atoms with Gasteiger partial charge in [-0.05, 0) is 37.5 Å². The molecule has 0 saturated carbocycles. The van der Waals surface area contributed by atoms with Gasteiger partial charge in [0.25, 0.3) is 5.91 Å². The van der Waals surface area contributed by atoms with Crippen LogP contribution in [0.1, 0.15) is 48.5 Å². The smallest absolute Gasteiger partial charge is 0.257 e. The second-order valence-corrected chi connectivity index (χ2v) is 8.46. The quantitative estimate of drug-likeness (QED) is 0.576. The highest BCUT2D eigenvalue weighted by atomic mass is 35.5. The SMILES string of the molecule is CCCCN(C)C(=O)C1CCN(C(=O)c2ccccc2OCc2ccccc2Cl)CC1. The van der Waals surface area contributed by atoms with Gasteiger partial charge in [0.15, 0.2) is 0 Å². The maximum Gasteiger partial charge on any atom is 0.257 e. The van der Waals surface area contributed by atoms with Gasteiger partial charge in [-0.1, -0.05) is 55.3 Å².